The summed E-state index contributed by atoms with van der Waals surface area (Å²) in [6, 6.07) is 14.1. The van der Waals surface area contributed by atoms with Gasteiger partial charge in [-0.3, -0.25) is 14.5 Å². The molecular formula is C23H27N3O4S. The summed E-state index contributed by atoms with van der Waals surface area (Å²) in [5, 5.41) is 3.26. The van der Waals surface area contributed by atoms with Crippen molar-refractivity contribution in [2.45, 2.75) is 32.4 Å². The number of likely N-dealkylation sites (N-methyl/N-ethyl adjacent to an activating group) is 1. The first-order valence-electron chi connectivity index (χ1n) is 10.2. The normalized spacial score (nSPS) is 15.9. The van der Waals surface area contributed by atoms with Crippen LogP contribution >= 0.6 is 12.2 Å². The second kappa shape index (κ2) is 10.3. The summed E-state index contributed by atoms with van der Waals surface area (Å²) in [4.78, 5) is 28.6. The van der Waals surface area contributed by atoms with Crippen molar-refractivity contribution < 1.29 is 19.1 Å². The van der Waals surface area contributed by atoms with Crippen LogP contribution in [0, 0.1) is 0 Å². The minimum absolute atomic E-state index is 0.00749. The average Bonchev–Trinajstić information content (AvgIpc) is 2.97. The molecule has 2 amide bonds. The lowest BCUT2D eigenvalue weighted by atomic mass is 10.1. The van der Waals surface area contributed by atoms with Crippen molar-refractivity contribution in [3.8, 4) is 11.5 Å². The summed E-state index contributed by atoms with van der Waals surface area (Å²) in [7, 11) is 3.25. The number of amides is 2. The predicted octanol–water partition coefficient (Wildman–Crippen LogP) is 3.44. The molecule has 0 bridgehead atoms. The number of hydrogen-bond acceptors (Lipinski definition) is 5. The summed E-state index contributed by atoms with van der Waals surface area (Å²) in [6.45, 7) is 3.12. The van der Waals surface area contributed by atoms with Gasteiger partial charge < -0.3 is 19.7 Å². The van der Waals surface area contributed by atoms with Crippen molar-refractivity contribution in [1.29, 1.82) is 0 Å². The van der Waals surface area contributed by atoms with E-state index in [0.717, 1.165) is 23.5 Å². The van der Waals surface area contributed by atoms with Gasteiger partial charge in [-0.05, 0) is 60.6 Å². The van der Waals surface area contributed by atoms with Gasteiger partial charge in [0.15, 0.2) is 5.11 Å². The predicted molar refractivity (Wildman–Crippen MR) is 123 cm³/mol. The molecule has 1 aliphatic heterocycles. The Morgan fingerprint density at radius 2 is 1.74 bits per heavy atom. The number of rotatable bonds is 9. The number of benzene rings is 2. The first kappa shape index (κ1) is 22.6. The van der Waals surface area contributed by atoms with Gasteiger partial charge in [-0.15, -0.1) is 0 Å². The Morgan fingerprint density at radius 1 is 1.10 bits per heavy atom. The molecule has 1 N–H and O–H groups in total. The number of nitrogens with zero attached hydrogens (tertiary/aromatic N) is 2. The molecule has 0 spiro atoms. The highest BCUT2D eigenvalue weighted by Crippen LogP contribution is 2.24. The summed E-state index contributed by atoms with van der Waals surface area (Å²) in [6.07, 6.45) is 0.935. The molecular weight excluding hydrogens is 414 g/mol. The van der Waals surface area contributed by atoms with Crippen LogP contribution in [0.15, 0.2) is 48.5 Å². The molecule has 2 aromatic rings. The summed E-state index contributed by atoms with van der Waals surface area (Å²) >= 11 is 5.46. The molecule has 0 aromatic heterocycles. The van der Waals surface area contributed by atoms with Crippen LogP contribution < -0.4 is 14.8 Å². The maximum Gasteiger partial charge on any atom is 0.251 e. The van der Waals surface area contributed by atoms with E-state index >= 15 is 0 Å². The van der Waals surface area contributed by atoms with E-state index in [0.29, 0.717) is 24.0 Å². The molecule has 164 valence electrons. The first-order chi connectivity index (χ1) is 14.9. The van der Waals surface area contributed by atoms with E-state index in [2.05, 4.69) is 5.32 Å². The lowest BCUT2D eigenvalue weighted by molar-refractivity contribution is -0.130. The molecule has 1 heterocycles. The lowest BCUT2D eigenvalue weighted by Gasteiger charge is -2.23. The SMILES string of the molecule is CCCOc1ccc(NC(=O)CC2C(=O)N(C)C(=S)N2Cc2ccc(OC)cc2)cc1. The van der Waals surface area contributed by atoms with Crippen LogP contribution in [-0.4, -0.2) is 53.5 Å². The highest BCUT2D eigenvalue weighted by Gasteiger charge is 2.41. The smallest absolute Gasteiger partial charge is 0.251 e. The van der Waals surface area contributed by atoms with Crippen LogP contribution in [0.5, 0.6) is 11.5 Å². The Hall–Kier alpha value is -3.13. The molecule has 1 fully saturated rings. The Kier molecular flexibility index (Phi) is 7.46. The van der Waals surface area contributed by atoms with E-state index in [1.165, 1.54) is 4.90 Å². The molecule has 7 nitrogen and oxygen atoms in total. The van der Waals surface area contributed by atoms with E-state index in [4.69, 9.17) is 21.7 Å². The number of carbonyl (C=O) groups is 2. The molecule has 8 heteroatoms. The van der Waals surface area contributed by atoms with Gasteiger partial charge in [-0.1, -0.05) is 19.1 Å². The molecule has 0 radical (unpaired) electrons. The lowest BCUT2D eigenvalue weighted by Crippen LogP contribution is -2.37. The van der Waals surface area contributed by atoms with Crippen LogP contribution in [0.3, 0.4) is 0 Å². The van der Waals surface area contributed by atoms with Gasteiger partial charge in [0, 0.05) is 19.3 Å². The van der Waals surface area contributed by atoms with E-state index in [9.17, 15) is 9.59 Å². The van der Waals surface area contributed by atoms with Gasteiger partial charge in [0.05, 0.1) is 20.1 Å². The van der Waals surface area contributed by atoms with Gasteiger partial charge in [0.25, 0.3) is 5.91 Å². The molecule has 3 rings (SSSR count). The number of nitrogens with one attached hydrogen (secondary N) is 1. The Labute approximate surface area is 187 Å². The minimum Gasteiger partial charge on any atom is -0.497 e. The molecule has 0 aliphatic carbocycles. The number of methoxy groups -OCH3 is 1. The van der Waals surface area contributed by atoms with Crippen molar-refractivity contribution in [2.75, 3.05) is 26.1 Å². The van der Waals surface area contributed by atoms with Gasteiger partial charge in [-0.25, -0.2) is 0 Å². The summed E-state index contributed by atoms with van der Waals surface area (Å²) in [5.74, 6) is 1.07. The molecule has 31 heavy (non-hydrogen) atoms. The van der Waals surface area contributed by atoms with Crippen LogP contribution in [0.4, 0.5) is 5.69 Å². The first-order valence-corrected chi connectivity index (χ1v) is 10.6. The van der Waals surface area contributed by atoms with Crippen LogP contribution in [0.2, 0.25) is 0 Å². The van der Waals surface area contributed by atoms with E-state index in [1.54, 1.807) is 31.2 Å². The molecule has 1 saturated heterocycles. The minimum atomic E-state index is -0.647. The zero-order chi connectivity index (χ0) is 22.4. The van der Waals surface area contributed by atoms with Crippen molar-refractivity contribution in [3.63, 3.8) is 0 Å². The van der Waals surface area contributed by atoms with Gasteiger partial charge in [0.1, 0.15) is 17.5 Å². The van der Waals surface area contributed by atoms with Crippen LogP contribution in [-0.2, 0) is 16.1 Å². The maximum absolute atomic E-state index is 12.7. The second-order valence-electron chi connectivity index (χ2n) is 7.30. The number of hydrogen-bond donors (Lipinski definition) is 1. The van der Waals surface area contributed by atoms with Crippen molar-refractivity contribution in [2.24, 2.45) is 0 Å². The quantitative estimate of drug-likeness (QED) is 0.601. The van der Waals surface area contributed by atoms with E-state index < -0.39 is 6.04 Å². The third-order valence-corrected chi connectivity index (χ3v) is 5.53. The standard InChI is InChI=1S/C23H27N3O4S/c1-4-13-30-19-11-7-17(8-12-19)24-21(27)14-20-22(28)25(2)23(31)26(20)15-16-5-9-18(29-3)10-6-16/h5-12,20H,4,13-15H2,1-3H3,(H,24,27). The maximum atomic E-state index is 12.7. The largest absolute Gasteiger partial charge is 0.497 e. The van der Waals surface area contributed by atoms with Gasteiger partial charge in [0.2, 0.25) is 5.91 Å². The number of carbonyl (C=O) groups excluding carboxylic acids is 2. The van der Waals surface area contributed by atoms with Gasteiger partial charge >= 0.3 is 0 Å². The Morgan fingerprint density at radius 3 is 2.35 bits per heavy atom. The highest BCUT2D eigenvalue weighted by atomic mass is 32.1. The van der Waals surface area contributed by atoms with Crippen molar-refractivity contribution >= 4 is 34.8 Å². The van der Waals surface area contributed by atoms with Crippen molar-refractivity contribution in [3.05, 3.63) is 54.1 Å². The van der Waals surface area contributed by atoms with Crippen LogP contribution in [0.1, 0.15) is 25.3 Å². The Bertz CT molecular complexity index is 931. The number of anilines is 1. The summed E-state index contributed by atoms with van der Waals surface area (Å²) in [5.41, 5.74) is 1.62. The summed E-state index contributed by atoms with van der Waals surface area (Å²) < 4.78 is 10.7. The van der Waals surface area contributed by atoms with Crippen molar-refractivity contribution in [1.82, 2.24) is 9.80 Å². The molecule has 2 aromatic carbocycles. The van der Waals surface area contributed by atoms with Crippen LogP contribution in [0.25, 0.3) is 0 Å². The third kappa shape index (κ3) is 5.52. The molecule has 0 saturated carbocycles. The highest BCUT2D eigenvalue weighted by molar-refractivity contribution is 7.80. The van der Waals surface area contributed by atoms with Gasteiger partial charge in [-0.2, -0.15) is 0 Å². The second-order valence-corrected chi connectivity index (χ2v) is 7.66. The fraction of sp³-hybridized carbons (Fsp3) is 0.348. The number of ether oxygens (including phenoxy) is 2. The fourth-order valence-electron chi connectivity index (χ4n) is 3.32. The molecule has 1 unspecified atom stereocenters. The molecule has 1 aliphatic rings. The Balaban J connectivity index is 1.65. The third-order valence-electron chi connectivity index (χ3n) is 5.03. The zero-order valence-corrected chi connectivity index (χ0v) is 18.8. The fourth-order valence-corrected chi connectivity index (χ4v) is 3.60. The monoisotopic (exact) mass is 441 g/mol. The zero-order valence-electron chi connectivity index (χ0n) is 18.0. The number of thiocarbonyl (C=S) groups is 1. The average molecular weight is 442 g/mol. The van der Waals surface area contributed by atoms with E-state index in [1.807, 2.05) is 43.3 Å². The molecule has 1 atom stereocenters. The van der Waals surface area contributed by atoms with E-state index in [-0.39, 0.29) is 18.2 Å². The topological polar surface area (TPSA) is 71.1 Å².